The van der Waals surface area contributed by atoms with Crippen LogP contribution in [0.4, 0.5) is 0 Å². The molecule has 1 saturated carbocycles. The zero-order valence-corrected chi connectivity index (χ0v) is 10.2. The maximum Gasteiger partial charge on any atom is 0.0537 e. The van der Waals surface area contributed by atoms with Gasteiger partial charge in [-0.05, 0) is 25.2 Å². The van der Waals surface area contributed by atoms with Crippen molar-refractivity contribution in [2.75, 3.05) is 0 Å². The molecule has 1 aromatic rings. The second-order valence-electron chi connectivity index (χ2n) is 4.96. The van der Waals surface area contributed by atoms with Gasteiger partial charge in [0.05, 0.1) is 6.20 Å². The van der Waals surface area contributed by atoms with Crippen LogP contribution in [0.5, 0.6) is 0 Å². The molecule has 0 bridgehead atoms. The van der Waals surface area contributed by atoms with E-state index in [-0.39, 0.29) is 6.04 Å². The van der Waals surface area contributed by atoms with E-state index in [9.17, 15) is 0 Å². The number of hydrogen-bond acceptors (Lipinski definition) is 2. The first kappa shape index (κ1) is 11.6. The molecule has 0 spiro atoms. The second-order valence-corrected chi connectivity index (χ2v) is 4.96. The molecular weight excluding hydrogens is 198 g/mol. The number of aryl methyl sites for hydroxylation is 1. The number of nitrogens with two attached hydrogens (primary N) is 1. The fraction of sp³-hybridized carbons (Fsp3) is 0.769. The Labute approximate surface area is 98.0 Å². The summed E-state index contributed by atoms with van der Waals surface area (Å²) in [7, 11) is 0. The van der Waals surface area contributed by atoms with Crippen molar-refractivity contribution in [1.29, 1.82) is 0 Å². The predicted molar refractivity (Wildman–Crippen MR) is 66.0 cm³/mol. The van der Waals surface area contributed by atoms with E-state index >= 15 is 0 Å². The van der Waals surface area contributed by atoms with Gasteiger partial charge in [-0.1, -0.05) is 26.2 Å². The molecule has 0 radical (unpaired) electrons. The normalized spacial score (nSPS) is 19.9. The fourth-order valence-corrected chi connectivity index (χ4v) is 2.67. The van der Waals surface area contributed by atoms with Gasteiger partial charge in [-0.15, -0.1) is 0 Å². The summed E-state index contributed by atoms with van der Waals surface area (Å²) < 4.78 is 2.01. The van der Waals surface area contributed by atoms with Gasteiger partial charge in [-0.2, -0.15) is 5.10 Å². The van der Waals surface area contributed by atoms with E-state index in [2.05, 4.69) is 18.2 Å². The smallest absolute Gasteiger partial charge is 0.0537 e. The van der Waals surface area contributed by atoms with Crippen molar-refractivity contribution in [3.63, 3.8) is 0 Å². The molecule has 2 N–H and O–H groups in total. The van der Waals surface area contributed by atoms with E-state index in [4.69, 9.17) is 5.73 Å². The van der Waals surface area contributed by atoms with Gasteiger partial charge in [0.2, 0.25) is 0 Å². The fourth-order valence-electron chi connectivity index (χ4n) is 2.67. The molecule has 0 aromatic carbocycles. The van der Waals surface area contributed by atoms with Crippen LogP contribution in [0.1, 0.15) is 57.1 Å². The van der Waals surface area contributed by atoms with Gasteiger partial charge < -0.3 is 5.73 Å². The van der Waals surface area contributed by atoms with Crippen LogP contribution in [0.25, 0.3) is 0 Å². The van der Waals surface area contributed by atoms with Crippen LogP contribution in [0.15, 0.2) is 12.4 Å². The van der Waals surface area contributed by atoms with Crippen molar-refractivity contribution in [2.45, 2.75) is 58.0 Å². The average Bonchev–Trinajstić information content (AvgIpc) is 2.78. The van der Waals surface area contributed by atoms with Crippen LogP contribution in [-0.2, 0) is 6.54 Å². The quantitative estimate of drug-likeness (QED) is 0.849. The molecule has 1 aromatic heterocycles. The van der Waals surface area contributed by atoms with E-state index in [1.54, 1.807) is 0 Å². The molecule has 0 amide bonds. The first-order chi connectivity index (χ1) is 7.81. The molecule has 1 aliphatic rings. The molecule has 3 heteroatoms. The summed E-state index contributed by atoms with van der Waals surface area (Å²) in [5.74, 6) is 0.674. The molecule has 16 heavy (non-hydrogen) atoms. The largest absolute Gasteiger partial charge is 0.324 e. The molecular formula is C13H23N3. The summed E-state index contributed by atoms with van der Waals surface area (Å²) in [5.41, 5.74) is 7.55. The number of aromatic nitrogens is 2. The average molecular weight is 221 g/mol. The maximum atomic E-state index is 6.33. The molecule has 90 valence electrons. The number of nitrogens with zero attached hydrogens (tertiary/aromatic N) is 2. The van der Waals surface area contributed by atoms with Crippen molar-refractivity contribution in [3.8, 4) is 0 Å². The highest BCUT2D eigenvalue weighted by Crippen LogP contribution is 2.32. The summed E-state index contributed by atoms with van der Waals surface area (Å²) in [4.78, 5) is 0. The Morgan fingerprint density at radius 1 is 1.44 bits per heavy atom. The lowest BCUT2D eigenvalue weighted by Crippen LogP contribution is -2.23. The lowest BCUT2D eigenvalue weighted by atomic mass is 9.82. The lowest BCUT2D eigenvalue weighted by Gasteiger charge is -2.26. The number of rotatable bonds is 4. The van der Waals surface area contributed by atoms with E-state index in [1.807, 2.05) is 10.9 Å². The van der Waals surface area contributed by atoms with Gasteiger partial charge in [0.25, 0.3) is 0 Å². The maximum absolute atomic E-state index is 6.33. The highest BCUT2D eigenvalue weighted by Gasteiger charge is 2.22. The van der Waals surface area contributed by atoms with Crippen LogP contribution < -0.4 is 5.73 Å². The Bertz CT molecular complexity index is 313. The third-order valence-electron chi connectivity index (χ3n) is 3.65. The predicted octanol–water partition coefficient (Wildman–Crippen LogP) is 2.87. The molecule has 1 unspecified atom stereocenters. The van der Waals surface area contributed by atoms with E-state index < -0.39 is 0 Å². The molecule has 0 aliphatic heterocycles. The lowest BCUT2D eigenvalue weighted by molar-refractivity contribution is 0.308. The van der Waals surface area contributed by atoms with Crippen molar-refractivity contribution in [2.24, 2.45) is 11.7 Å². The Kier molecular flexibility index (Phi) is 3.99. The zero-order chi connectivity index (χ0) is 11.4. The van der Waals surface area contributed by atoms with Crippen LogP contribution >= 0.6 is 0 Å². The van der Waals surface area contributed by atoms with Gasteiger partial charge in [-0.3, -0.25) is 4.68 Å². The topological polar surface area (TPSA) is 43.8 Å². The van der Waals surface area contributed by atoms with Crippen LogP contribution in [0, 0.1) is 5.92 Å². The molecule has 1 atom stereocenters. The Balaban J connectivity index is 1.98. The highest BCUT2D eigenvalue weighted by molar-refractivity contribution is 5.11. The molecule has 3 nitrogen and oxygen atoms in total. The van der Waals surface area contributed by atoms with Crippen LogP contribution in [0.2, 0.25) is 0 Å². The van der Waals surface area contributed by atoms with Crippen molar-refractivity contribution in [3.05, 3.63) is 18.0 Å². The third kappa shape index (κ3) is 2.64. The Morgan fingerprint density at radius 3 is 2.88 bits per heavy atom. The standard InChI is InChI=1S/C13H23N3/c1-2-8-16-10-12(9-15-16)13(14)11-6-4-3-5-7-11/h9-11,13H,2-8,14H2,1H3. The van der Waals surface area contributed by atoms with Crippen molar-refractivity contribution >= 4 is 0 Å². The van der Waals surface area contributed by atoms with Crippen LogP contribution in [-0.4, -0.2) is 9.78 Å². The van der Waals surface area contributed by atoms with Gasteiger partial charge >= 0.3 is 0 Å². The Morgan fingerprint density at radius 2 is 2.19 bits per heavy atom. The van der Waals surface area contributed by atoms with Crippen molar-refractivity contribution < 1.29 is 0 Å². The Hall–Kier alpha value is -0.830. The first-order valence-corrected chi connectivity index (χ1v) is 6.59. The van der Waals surface area contributed by atoms with Gasteiger partial charge in [-0.25, -0.2) is 0 Å². The van der Waals surface area contributed by atoms with E-state index in [1.165, 1.54) is 37.7 Å². The SMILES string of the molecule is CCCn1cc(C(N)C2CCCCC2)cn1. The van der Waals surface area contributed by atoms with E-state index in [0.717, 1.165) is 13.0 Å². The molecule has 1 aliphatic carbocycles. The molecule has 0 saturated heterocycles. The second kappa shape index (κ2) is 5.48. The summed E-state index contributed by atoms with van der Waals surface area (Å²) in [6, 6.07) is 0.200. The molecule has 2 rings (SSSR count). The molecule has 1 heterocycles. The van der Waals surface area contributed by atoms with Gasteiger partial charge in [0.1, 0.15) is 0 Å². The zero-order valence-electron chi connectivity index (χ0n) is 10.2. The van der Waals surface area contributed by atoms with Gasteiger partial charge in [0.15, 0.2) is 0 Å². The number of hydrogen-bond donors (Lipinski definition) is 1. The summed E-state index contributed by atoms with van der Waals surface area (Å²) >= 11 is 0. The summed E-state index contributed by atoms with van der Waals surface area (Å²) in [5, 5.41) is 4.36. The first-order valence-electron chi connectivity index (χ1n) is 6.59. The van der Waals surface area contributed by atoms with E-state index in [0.29, 0.717) is 5.92 Å². The highest BCUT2D eigenvalue weighted by atomic mass is 15.3. The summed E-state index contributed by atoms with van der Waals surface area (Å²) in [6.07, 6.45) is 11.9. The minimum atomic E-state index is 0.200. The minimum Gasteiger partial charge on any atom is -0.324 e. The van der Waals surface area contributed by atoms with Gasteiger partial charge in [0, 0.05) is 24.3 Å². The monoisotopic (exact) mass is 221 g/mol. The summed E-state index contributed by atoms with van der Waals surface area (Å²) in [6.45, 7) is 3.17. The third-order valence-corrected chi connectivity index (χ3v) is 3.65. The van der Waals surface area contributed by atoms with Crippen LogP contribution in [0.3, 0.4) is 0 Å². The minimum absolute atomic E-state index is 0.200. The molecule has 1 fully saturated rings. The van der Waals surface area contributed by atoms with Crippen molar-refractivity contribution in [1.82, 2.24) is 9.78 Å².